The molecule has 78 valence electrons. The fourth-order valence-corrected chi connectivity index (χ4v) is 1.37. The Morgan fingerprint density at radius 2 is 2.07 bits per heavy atom. The van der Waals surface area contributed by atoms with Gasteiger partial charge in [0.2, 0.25) is 0 Å². The molecule has 2 aromatic rings. The average molecular weight is 204 g/mol. The lowest BCUT2D eigenvalue weighted by atomic mass is 10.2. The average Bonchev–Trinajstić information content (AvgIpc) is 2.25. The number of pyridine rings is 1. The molecule has 0 bridgehead atoms. The molecular weight excluding hydrogens is 192 g/mol. The number of anilines is 1. The van der Waals surface area contributed by atoms with Crippen LogP contribution >= 0.6 is 0 Å². The molecule has 0 amide bonds. The van der Waals surface area contributed by atoms with Gasteiger partial charge in [0.05, 0.1) is 12.1 Å². The number of hydrogen-bond acceptors (Lipinski definition) is 4. The number of aliphatic hydroxyl groups excluding tert-OH is 1. The molecule has 4 nitrogen and oxygen atoms in total. The van der Waals surface area contributed by atoms with E-state index in [-0.39, 0.29) is 13.2 Å². The summed E-state index contributed by atoms with van der Waals surface area (Å²) in [6.45, 7) is 0.288. The highest BCUT2D eigenvalue weighted by molar-refractivity contribution is 5.81. The fourth-order valence-electron chi connectivity index (χ4n) is 1.37. The van der Waals surface area contributed by atoms with Crippen molar-refractivity contribution in [3.05, 3.63) is 30.3 Å². The van der Waals surface area contributed by atoms with E-state index in [0.29, 0.717) is 11.6 Å². The Kier molecular flexibility index (Phi) is 2.69. The summed E-state index contributed by atoms with van der Waals surface area (Å²) in [4.78, 5) is 4.18. The van der Waals surface area contributed by atoms with Crippen molar-refractivity contribution in [3.63, 3.8) is 0 Å². The third-order valence-corrected chi connectivity index (χ3v) is 2.05. The number of nitrogens with two attached hydrogens (primary N) is 1. The van der Waals surface area contributed by atoms with Crippen molar-refractivity contribution in [2.75, 3.05) is 18.9 Å². The first-order valence-electron chi connectivity index (χ1n) is 4.69. The molecule has 1 aromatic heterocycles. The lowest BCUT2D eigenvalue weighted by molar-refractivity contribution is 0.201. The summed E-state index contributed by atoms with van der Waals surface area (Å²) >= 11 is 0. The minimum atomic E-state index is 0.00238. The SMILES string of the molecule is Nc1ccc2ccc(OCCO)cc2n1. The number of nitrogen functional groups attached to an aromatic ring is 1. The Balaban J connectivity index is 2.36. The molecule has 0 fully saturated rings. The van der Waals surface area contributed by atoms with Crippen LogP contribution in [0.25, 0.3) is 10.9 Å². The predicted molar refractivity (Wildman–Crippen MR) is 58.7 cm³/mol. The summed E-state index contributed by atoms with van der Waals surface area (Å²) in [7, 11) is 0. The number of ether oxygens (including phenoxy) is 1. The molecule has 0 aliphatic carbocycles. The molecule has 0 atom stereocenters. The zero-order valence-electron chi connectivity index (χ0n) is 8.18. The number of hydrogen-bond donors (Lipinski definition) is 2. The maximum atomic E-state index is 8.62. The van der Waals surface area contributed by atoms with Crippen LogP contribution in [-0.4, -0.2) is 23.3 Å². The quantitative estimate of drug-likeness (QED) is 0.788. The number of aliphatic hydroxyl groups is 1. The minimum Gasteiger partial charge on any atom is -0.491 e. The molecule has 1 aromatic carbocycles. The number of fused-ring (bicyclic) bond motifs is 1. The molecule has 0 aliphatic heterocycles. The maximum absolute atomic E-state index is 8.62. The molecule has 1 heterocycles. The van der Waals surface area contributed by atoms with Crippen LogP contribution in [0.1, 0.15) is 0 Å². The fraction of sp³-hybridized carbons (Fsp3) is 0.182. The standard InChI is InChI=1S/C11H12N2O2/c12-11-4-2-8-1-3-9(15-6-5-14)7-10(8)13-11/h1-4,7,14H,5-6H2,(H2,12,13). The van der Waals surface area contributed by atoms with Crippen molar-refractivity contribution < 1.29 is 9.84 Å². The van der Waals surface area contributed by atoms with E-state index in [2.05, 4.69) is 4.98 Å². The van der Waals surface area contributed by atoms with Crippen LogP contribution in [0, 0.1) is 0 Å². The van der Waals surface area contributed by atoms with Crippen molar-refractivity contribution in [1.29, 1.82) is 0 Å². The Morgan fingerprint density at radius 3 is 2.87 bits per heavy atom. The molecule has 0 saturated heterocycles. The first-order valence-corrected chi connectivity index (χ1v) is 4.69. The van der Waals surface area contributed by atoms with Gasteiger partial charge in [-0.05, 0) is 24.3 Å². The molecule has 0 saturated carbocycles. The van der Waals surface area contributed by atoms with Gasteiger partial charge < -0.3 is 15.6 Å². The topological polar surface area (TPSA) is 68.4 Å². The summed E-state index contributed by atoms with van der Waals surface area (Å²) in [6.07, 6.45) is 0. The van der Waals surface area contributed by atoms with E-state index in [9.17, 15) is 0 Å². The van der Waals surface area contributed by atoms with Gasteiger partial charge in [-0.2, -0.15) is 0 Å². The number of benzene rings is 1. The molecule has 2 rings (SSSR count). The first-order chi connectivity index (χ1) is 7.29. The second-order valence-electron chi connectivity index (χ2n) is 3.16. The number of aromatic nitrogens is 1. The van der Waals surface area contributed by atoms with E-state index in [1.807, 2.05) is 18.2 Å². The molecule has 0 unspecified atom stereocenters. The van der Waals surface area contributed by atoms with Gasteiger partial charge in [0.25, 0.3) is 0 Å². The van der Waals surface area contributed by atoms with Crippen LogP contribution in [0.3, 0.4) is 0 Å². The second-order valence-corrected chi connectivity index (χ2v) is 3.16. The zero-order chi connectivity index (χ0) is 10.7. The Bertz CT molecular complexity index is 471. The number of rotatable bonds is 3. The van der Waals surface area contributed by atoms with Crippen LogP contribution in [-0.2, 0) is 0 Å². The van der Waals surface area contributed by atoms with E-state index < -0.39 is 0 Å². The summed E-state index contributed by atoms with van der Waals surface area (Å²) in [5.41, 5.74) is 6.38. The summed E-state index contributed by atoms with van der Waals surface area (Å²) in [5, 5.41) is 9.64. The van der Waals surface area contributed by atoms with Crippen molar-refractivity contribution in [3.8, 4) is 5.75 Å². The molecule has 0 spiro atoms. The van der Waals surface area contributed by atoms with Crippen molar-refractivity contribution in [2.45, 2.75) is 0 Å². The lowest BCUT2D eigenvalue weighted by Gasteiger charge is -2.05. The molecule has 0 aliphatic rings. The van der Waals surface area contributed by atoms with E-state index in [1.165, 1.54) is 0 Å². The Labute approximate surface area is 87.3 Å². The normalized spacial score (nSPS) is 10.5. The van der Waals surface area contributed by atoms with Crippen LogP contribution < -0.4 is 10.5 Å². The van der Waals surface area contributed by atoms with Crippen molar-refractivity contribution in [2.24, 2.45) is 0 Å². The smallest absolute Gasteiger partial charge is 0.124 e. The lowest BCUT2D eigenvalue weighted by Crippen LogP contribution is -2.01. The highest BCUT2D eigenvalue weighted by Crippen LogP contribution is 2.20. The van der Waals surface area contributed by atoms with Crippen LogP contribution in [0.5, 0.6) is 5.75 Å². The van der Waals surface area contributed by atoms with Gasteiger partial charge in [-0.25, -0.2) is 4.98 Å². The van der Waals surface area contributed by atoms with Gasteiger partial charge in [-0.15, -0.1) is 0 Å². The van der Waals surface area contributed by atoms with Crippen molar-refractivity contribution in [1.82, 2.24) is 4.98 Å². The summed E-state index contributed by atoms with van der Waals surface area (Å²) in [6, 6.07) is 9.23. The maximum Gasteiger partial charge on any atom is 0.124 e. The Hall–Kier alpha value is -1.81. The molecule has 4 heteroatoms. The first kappa shape index (κ1) is 9.73. The third-order valence-electron chi connectivity index (χ3n) is 2.05. The second kappa shape index (κ2) is 4.14. The summed E-state index contributed by atoms with van der Waals surface area (Å²) in [5.74, 6) is 1.18. The Morgan fingerprint density at radius 1 is 1.27 bits per heavy atom. The molecule has 3 N–H and O–H groups in total. The largest absolute Gasteiger partial charge is 0.491 e. The highest BCUT2D eigenvalue weighted by atomic mass is 16.5. The third kappa shape index (κ3) is 2.16. The van der Waals surface area contributed by atoms with Gasteiger partial charge in [0.1, 0.15) is 18.2 Å². The van der Waals surface area contributed by atoms with E-state index in [1.54, 1.807) is 12.1 Å². The summed E-state index contributed by atoms with van der Waals surface area (Å²) < 4.78 is 5.27. The van der Waals surface area contributed by atoms with Gasteiger partial charge in [0, 0.05) is 11.5 Å². The van der Waals surface area contributed by atoms with Crippen LogP contribution in [0.4, 0.5) is 5.82 Å². The monoisotopic (exact) mass is 204 g/mol. The van der Waals surface area contributed by atoms with E-state index in [4.69, 9.17) is 15.6 Å². The zero-order valence-corrected chi connectivity index (χ0v) is 8.18. The molecular formula is C11H12N2O2. The van der Waals surface area contributed by atoms with Crippen LogP contribution in [0.15, 0.2) is 30.3 Å². The van der Waals surface area contributed by atoms with Gasteiger partial charge in [0.15, 0.2) is 0 Å². The minimum absolute atomic E-state index is 0.00238. The highest BCUT2D eigenvalue weighted by Gasteiger charge is 1.98. The van der Waals surface area contributed by atoms with Crippen LogP contribution in [0.2, 0.25) is 0 Å². The molecule has 0 radical (unpaired) electrons. The van der Waals surface area contributed by atoms with Crippen molar-refractivity contribution >= 4 is 16.7 Å². The number of nitrogens with zero attached hydrogens (tertiary/aromatic N) is 1. The van der Waals surface area contributed by atoms with E-state index >= 15 is 0 Å². The van der Waals surface area contributed by atoms with Gasteiger partial charge in [-0.1, -0.05) is 0 Å². The molecule has 15 heavy (non-hydrogen) atoms. The predicted octanol–water partition coefficient (Wildman–Crippen LogP) is 1.19. The van der Waals surface area contributed by atoms with Gasteiger partial charge >= 0.3 is 0 Å². The van der Waals surface area contributed by atoms with Gasteiger partial charge in [-0.3, -0.25) is 0 Å². The van der Waals surface area contributed by atoms with E-state index in [0.717, 1.165) is 10.9 Å².